The highest BCUT2D eigenvalue weighted by Gasteiger charge is 2.38. The summed E-state index contributed by atoms with van der Waals surface area (Å²) < 4.78 is 11.0. The van der Waals surface area contributed by atoms with E-state index in [-0.39, 0.29) is 17.7 Å². The summed E-state index contributed by atoms with van der Waals surface area (Å²) in [6.45, 7) is 12.3. The molecule has 2 unspecified atom stereocenters. The molecule has 6 nitrogen and oxygen atoms in total. The van der Waals surface area contributed by atoms with Crippen LogP contribution in [0, 0.1) is 0 Å². The molecule has 2 aliphatic heterocycles. The minimum atomic E-state index is -0.473. The monoisotopic (exact) mass is 297 g/mol. The van der Waals surface area contributed by atoms with Crippen molar-refractivity contribution in [2.45, 2.75) is 58.3 Å². The van der Waals surface area contributed by atoms with Gasteiger partial charge >= 0.3 is 6.09 Å². The van der Waals surface area contributed by atoms with Crippen molar-refractivity contribution in [3.63, 3.8) is 0 Å². The summed E-state index contributed by atoms with van der Waals surface area (Å²) in [5, 5.41) is 3.47. The highest BCUT2D eigenvalue weighted by molar-refractivity contribution is 5.88. The Labute approximate surface area is 126 Å². The molecule has 0 aromatic rings. The fraction of sp³-hybridized carbons (Fsp3) is 0.867. The summed E-state index contributed by atoms with van der Waals surface area (Å²) in [6.07, 6.45) is 0.800. The van der Waals surface area contributed by atoms with Crippen LogP contribution in [-0.2, 0) is 9.47 Å². The highest BCUT2D eigenvalue weighted by atomic mass is 16.6. The number of carbonyl (C=O) groups excluding carboxylic acids is 1. The minimum Gasteiger partial charge on any atom is -0.444 e. The number of aliphatic imine (C=N–C) groups is 1. The Morgan fingerprint density at radius 2 is 2.24 bits per heavy atom. The van der Waals surface area contributed by atoms with E-state index < -0.39 is 5.60 Å². The molecule has 0 aromatic heterocycles. The zero-order valence-corrected chi connectivity index (χ0v) is 13.7. The molecule has 2 rings (SSSR count). The molecule has 0 saturated carbocycles. The van der Waals surface area contributed by atoms with Crippen molar-refractivity contribution in [1.82, 2.24) is 10.2 Å². The Morgan fingerprint density at radius 3 is 2.81 bits per heavy atom. The summed E-state index contributed by atoms with van der Waals surface area (Å²) in [7, 11) is 0. The van der Waals surface area contributed by atoms with Crippen molar-refractivity contribution in [1.29, 1.82) is 0 Å². The van der Waals surface area contributed by atoms with Crippen molar-refractivity contribution >= 4 is 11.9 Å². The van der Waals surface area contributed by atoms with E-state index in [9.17, 15) is 4.79 Å². The maximum Gasteiger partial charge on any atom is 0.410 e. The molecule has 1 fully saturated rings. The number of rotatable bonds is 1. The van der Waals surface area contributed by atoms with Crippen molar-refractivity contribution in [3.8, 4) is 0 Å². The number of amides is 1. The van der Waals surface area contributed by atoms with Crippen molar-refractivity contribution in [2.24, 2.45) is 4.99 Å². The lowest BCUT2D eigenvalue weighted by molar-refractivity contribution is 0.0274. The fourth-order valence-electron chi connectivity index (χ4n) is 2.51. The quantitative estimate of drug-likeness (QED) is 0.801. The van der Waals surface area contributed by atoms with Gasteiger partial charge in [0.1, 0.15) is 11.4 Å². The predicted molar refractivity (Wildman–Crippen MR) is 81.7 cm³/mol. The van der Waals surface area contributed by atoms with Crippen LogP contribution in [0.1, 0.15) is 41.0 Å². The Bertz CT molecular complexity index is 430. The second kappa shape index (κ2) is 5.83. The molecular formula is C15H27N3O3. The maximum atomic E-state index is 12.1. The number of hydrogen-bond donors (Lipinski definition) is 1. The first-order valence-corrected chi connectivity index (χ1v) is 7.61. The first-order valence-electron chi connectivity index (χ1n) is 7.61. The lowest BCUT2D eigenvalue weighted by atomic mass is 9.94. The van der Waals surface area contributed by atoms with Crippen LogP contribution in [0.4, 0.5) is 4.79 Å². The van der Waals surface area contributed by atoms with E-state index in [1.807, 2.05) is 20.8 Å². The second-order valence-electron chi connectivity index (χ2n) is 7.04. The van der Waals surface area contributed by atoms with Crippen LogP contribution < -0.4 is 5.32 Å². The number of nitrogens with one attached hydrogen (secondary N) is 1. The smallest absolute Gasteiger partial charge is 0.410 e. The van der Waals surface area contributed by atoms with Gasteiger partial charge in [0.25, 0.3) is 0 Å². The zero-order chi connectivity index (χ0) is 15.7. The molecule has 0 spiro atoms. The molecule has 0 radical (unpaired) electrons. The van der Waals surface area contributed by atoms with E-state index in [2.05, 4.69) is 24.2 Å². The highest BCUT2D eigenvalue weighted by Crippen LogP contribution is 2.25. The van der Waals surface area contributed by atoms with Gasteiger partial charge in [-0.1, -0.05) is 0 Å². The molecule has 2 heterocycles. The molecule has 1 amide bonds. The molecule has 2 aliphatic rings. The maximum absolute atomic E-state index is 12.1. The standard InChI is InChI=1S/C15H27N3O3/c1-11-15(5,6-9-20-11)17-12-10-18(8-7-16-12)13(19)21-14(2,3)4/h11H,6-10H2,1-5H3,(H,16,17). The van der Waals surface area contributed by atoms with Crippen LogP contribution in [0.5, 0.6) is 0 Å². The van der Waals surface area contributed by atoms with Gasteiger partial charge in [-0.25, -0.2) is 4.79 Å². The van der Waals surface area contributed by atoms with Crippen LogP contribution >= 0.6 is 0 Å². The number of amidine groups is 1. The average molecular weight is 297 g/mol. The molecule has 1 saturated heterocycles. The second-order valence-corrected chi connectivity index (χ2v) is 7.04. The number of carbonyl (C=O) groups is 1. The van der Waals surface area contributed by atoms with Crippen LogP contribution in [0.3, 0.4) is 0 Å². The van der Waals surface area contributed by atoms with Crippen molar-refractivity contribution < 1.29 is 14.3 Å². The van der Waals surface area contributed by atoms with Crippen LogP contribution in [-0.4, -0.2) is 60.3 Å². The topological polar surface area (TPSA) is 63.2 Å². The number of hydrogen-bond acceptors (Lipinski definition) is 5. The lowest BCUT2D eigenvalue weighted by Gasteiger charge is -2.35. The summed E-state index contributed by atoms with van der Waals surface area (Å²) in [6, 6.07) is 0. The molecular weight excluding hydrogens is 270 g/mol. The Hall–Kier alpha value is -1.30. The molecule has 1 N–H and O–H groups in total. The first-order chi connectivity index (χ1) is 9.70. The molecule has 21 heavy (non-hydrogen) atoms. The lowest BCUT2D eigenvalue weighted by Crippen LogP contribution is -2.56. The summed E-state index contributed by atoms with van der Waals surface area (Å²) in [5.74, 6) is 0.840. The van der Waals surface area contributed by atoms with Gasteiger partial charge in [-0.3, -0.25) is 9.89 Å². The third kappa shape index (κ3) is 4.09. The van der Waals surface area contributed by atoms with E-state index in [4.69, 9.17) is 9.47 Å². The first kappa shape index (κ1) is 16.1. The third-order valence-electron chi connectivity index (χ3n) is 3.98. The van der Waals surface area contributed by atoms with E-state index in [1.165, 1.54) is 0 Å². The molecule has 6 heteroatoms. The van der Waals surface area contributed by atoms with E-state index in [0.29, 0.717) is 19.6 Å². The minimum absolute atomic E-state index is 0.115. The SMILES string of the molecule is CC1OCCC1(C)NC1=NCCN(C(=O)OC(C)(C)C)C1. The van der Waals surface area contributed by atoms with Gasteiger partial charge in [0.15, 0.2) is 0 Å². The van der Waals surface area contributed by atoms with Gasteiger partial charge in [0.2, 0.25) is 0 Å². The fourth-order valence-corrected chi connectivity index (χ4v) is 2.51. The predicted octanol–water partition coefficient (Wildman–Crippen LogP) is 1.79. The Kier molecular flexibility index (Phi) is 4.46. The summed E-state index contributed by atoms with van der Waals surface area (Å²) in [4.78, 5) is 18.3. The zero-order valence-electron chi connectivity index (χ0n) is 13.7. The van der Waals surface area contributed by atoms with Gasteiger partial charge < -0.3 is 14.8 Å². The Balaban J connectivity index is 1.95. The third-order valence-corrected chi connectivity index (χ3v) is 3.98. The molecule has 120 valence electrons. The summed E-state index contributed by atoms with van der Waals surface area (Å²) in [5.41, 5.74) is -0.588. The Morgan fingerprint density at radius 1 is 1.52 bits per heavy atom. The molecule has 0 aromatic carbocycles. The van der Waals surface area contributed by atoms with Gasteiger partial charge in [-0.05, 0) is 41.0 Å². The number of nitrogens with zero attached hydrogens (tertiary/aromatic N) is 2. The van der Waals surface area contributed by atoms with Crippen LogP contribution in [0.2, 0.25) is 0 Å². The van der Waals surface area contributed by atoms with Gasteiger partial charge in [-0.15, -0.1) is 0 Å². The largest absolute Gasteiger partial charge is 0.444 e. The average Bonchev–Trinajstić information content (AvgIpc) is 2.67. The molecule has 0 aliphatic carbocycles. The molecule has 0 bridgehead atoms. The normalized spacial score (nSPS) is 30.0. The van der Waals surface area contributed by atoms with Gasteiger partial charge in [0.05, 0.1) is 24.7 Å². The van der Waals surface area contributed by atoms with Crippen LogP contribution in [0.15, 0.2) is 4.99 Å². The van der Waals surface area contributed by atoms with Crippen LogP contribution in [0.25, 0.3) is 0 Å². The van der Waals surface area contributed by atoms with E-state index >= 15 is 0 Å². The van der Waals surface area contributed by atoms with Gasteiger partial charge in [0, 0.05) is 13.2 Å². The van der Waals surface area contributed by atoms with E-state index in [0.717, 1.165) is 18.9 Å². The van der Waals surface area contributed by atoms with E-state index in [1.54, 1.807) is 4.90 Å². The van der Waals surface area contributed by atoms with Crippen molar-refractivity contribution in [2.75, 3.05) is 26.2 Å². The summed E-state index contributed by atoms with van der Waals surface area (Å²) >= 11 is 0. The molecule has 2 atom stereocenters. The van der Waals surface area contributed by atoms with Crippen molar-refractivity contribution in [3.05, 3.63) is 0 Å². The number of ether oxygens (including phenoxy) is 2. The van der Waals surface area contributed by atoms with Gasteiger partial charge in [-0.2, -0.15) is 0 Å².